The number of nitrogens with one attached hydrogen (secondary N) is 2. The summed E-state index contributed by atoms with van der Waals surface area (Å²) in [5, 5.41) is 21.3. The Balaban J connectivity index is 2.45. The molecule has 2 aromatic rings. The zero-order chi connectivity index (χ0) is 15.4. The molecule has 1 aromatic carbocycles. The Labute approximate surface area is 125 Å². The van der Waals surface area contributed by atoms with Gasteiger partial charge in [-0.1, -0.05) is 36.8 Å². The van der Waals surface area contributed by atoms with Crippen molar-refractivity contribution in [2.75, 3.05) is 5.32 Å². The van der Waals surface area contributed by atoms with Crippen LogP contribution in [0.1, 0.15) is 19.0 Å². The van der Waals surface area contributed by atoms with Gasteiger partial charge in [-0.25, -0.2) is 4.98 Å². The van der Waals surface area contributed by atoms with E-state index in [1.54, 1.807) is 6.07 Å². The zero-order valence-electron chi connectivity index (χ0n) is 11.4. The van der Waals surface area contributed by atoms with Gasteiger partial charge in [0, 0.05) is 17.7 Å². The van der Waals surface area contributed by atoms with E-state index in [1.807, 2.05) is 13.0 Å². The van der Waals surface area contributed by atoms with Crippen LogP contribution in [0.4, 0.5) is 10.8 Å². The molecule has 0 amide bonds. The van der Waals surface area contributed by atoms with E-state index in [-0.39, 0.29) is 11.6 Å². The Morgan fingerprint density at radius 1 is 1.57 bits per heavy atom. The summed E-state index contributed by atoms with van der Waals surface area (Å²) in [5.41, 5.74) is 6.96. The summed E-state index contributed by atoms with van der Waals surface area (Å²) in [7, 11) is 0. The van der Waals surface area contributed by atoms with Crippen LogP contribution in [0.2, 0.25) is 0 Å². The number of nitro benzene ring substituents is 1. The highest BCUT2D eigenvalue weighted by Crippen LogP contribution is 2.35. The van der Waals surface area contributed by atoms with Gasteiger partial charge < -0.3 is 11.1 Å². The lowest BCUT2D eigenvalue weighted by molar-refractivity contribution is -0.384. The molecule has 0 aliphatic carbocycles. The minimum atomic E-state index is -0.418. The number of hydrogen-bond acceptors (Lipinski definition) is 5. The number of nitrogens with zero attached hydrogens (tertiary/aromatic N) is 2. The first-order valence-corrected chi connectivity index (χ1v) is 7.18. The van der Waals surface area contributed by atoms with Crippen LogP contribution in [-0.2, 0) is 6.42 Å². The van der Waals surface area contributed by atoms with Crippen molar-refractivity contribution in [1.29, 1.82) is 5.41 Å². The van der Waals surface area contributed by atoms with Crippen LogP contribution < -0.4 is 11.1 Å². The average molecular weight is 305 g/mol. The molecule has 2 rings (SSSR count). The minimum absolute atomic E-state index is 0.0458. The molecule has 0 bridgehead atoms. The standard InChI is InChI=1S/C13H15N5O2S/c1-2-4-10-11(21-13(16-10)17-12(14)15)8-5-3-6-9(7-8)18(19)20/h3,5-7H,2,4H2,1H3,(H4,14,15,16,17). The van der Waals surface area contributed by atoms with Crippen molar-refractivity contribution in [3.63, 3.8) is 0 Å². The molecule has 0 saturated carbocycles. The Kier molecular flexibility index (Phi) is 4.49. The van der Waals surface area contributed by atoms with Gasteiger partial charge >= 0.3 is 0 Å². The lowest BCUT2D eigenvalue weighted by atomic mass is 10.1. The van der Waals surface area contributed by atoms with Gasteiger partial charge in [-0.15, -0.1) is 0 Å². The van der Waals surface area contributed by atoms with E-state index in [4.69, 9.17) is 11.1 Å². The number of aromatic nitrogens is 1. The number of rotatable bonds is 5. The lowest BCUT2D eigenvalue weighted by Crippen LogP contribution is -2.20. The molecule has 0 unspecified atom stereocenters. The normalized spacial score (nSPS) is 10.3. The highest BCUT2D eigenvalue weighted by molar-refractivity contribution is 7.19. The fourth-order valence-electron chi connectivity index (χ4n) is 1.91. The minimum Gasteiger partial charge on any atom is -0.370 e. The number of benzene rings is 1. The van der Waals surface area contributed by atoms with Gasteiger partial charge in [-0.3, -0.25) is 15.5 Å². The summed E-state index contributed by atoms with van der Waals surface area (Å²) >= 11 is 1.34. The Hall–Kier alpha value is -2.48. The fourth-order valence-corrected chi connectivity index (χ4v) is 2.93. The number of aryl methyl sites for hydroxylation is 1. The molecule has 4 N–H and O–H groups in total. The third kappa shape index (κ3) is 3.54. The van der Waals surface area contributed by atoms with Gasteiger partial charge in [-0.2, -0.15) is 0 Å². The molecule has 1 aromatic heterocycles. The molecule has 0 atom stereocenters. The van der Waals surface area contributed by atoms with Gasteiger partial charge in [0.2, 0.25) is 0 Å². The van der Waals surface area contributed by atoms with Crippen molar-refractivity contribution < 1.29 is 4.92 Å². The van der Waals surface area contributed by atoms with Gasteiger partial charge in [0.05, 0.1) is 15.5 Å². The first-order valence-electron chi connectivity index (χ1n) is 6.36. The fraction of sp³-hybridized carbons (Fsp3) is 0.231. The van der Waals surface area contributed by atoms with Crippen molar-refractivity contribution in [1.82, 2.24) is 4.98 Å². The third-order valence-electron chi connectivity index (χ3n) is 2.74. The van der Waals surface area contributed by atoms with Crippen molar-refractivity contribution in [2.45, 2.75) is 19.8 Å². The Bertz CT molecular complexity index is 683. The van der Waals surface area contributed by atoms with E-state index in [0.717, 1.165) is 29.0 Å². The first kappa shape index (κ1) is 14.9. The van der Waals surface area contributed by atoms with E-state index in [0.29, 0.717) is 5.13 Å². The number of nitrogens with two attached hydrogens (primary N) is 1. The quantitative estimate of drug-likeness (QED) is 0.339. The number of hydrogen-bond donors (Lipinski definition) is 3. The molecular weight excluding hydrogens is 290 g/mol. The highest BCUT2D eigenvalue weighted by atomic mass is 32.1. The molecule has 0 aliphatic rings. The van der Waals surface area contributed by atoms with Gasteiger partial charge in [0.1, 0.15) is 0 Å². The largest absolute Gasteiger partial charge is 0.370 e. The number of anilines is 1. The van der Waals surface area contributed by atoms with Crippen molar-refractivity contribution in [3.05, 3.63) is 40.1 Å². The van der Waals surface area contributed by atoms with E-state index >= 15 is 0 Å². The molecule has 110 valence electrons. The maximum absolute atomic E-state index is 10.9. The van der Waals surface area contributed by atoms with E-state index in [2.05, 4.69) is 10.3 Å². The predicted octanol–water partition coefficient (Wildman–Crippen LogP) is 2.98. The second-order valence-electron chi connectivity index (χ2n) is 4.39. The average Bonchev–Trinajstić information content (AvgIpc) is 2.81. The SMILES string of the molecule is CCCc1nc(NC(=N)N)sc1-c1cccc([N+](=O)[O-])c1. The highest BCUT2D eigenvalue weighted by Gasteiger charge is 2.15. The Morgan fingerprint density at radius 3 is 2.95 bits per heavy atom. The molecule has 8 heteroatoms. The van der Waals surface area contributed by atoms with Gasteiger partial charge in [0.25, 0.3) is 5.69 Å². The maximum atomic E-state index is 10.9. The van der Waals surface area contributed by atoms with Crippen molar-refractivity contribution in [2.24, 2.45) is 5.73 Å². The lowest BCUT2D eigenvalue weighted by Gasteiger charge is -2.01. The third-order valence-corrected chi connectivity index (χ3v) is 3.81. The van der Waals surface area contributed by atoms with Crippen LogP contribution in [-0.4, -0.2) is 15.9 Å². The topological polar surface area (TPSA) is 118 Å². The predicted molar refractivity (Wildman–Crippen MR) is 83.7 cm³/mol. The Morgan fingerprint density at radius 2 is 2.33 bits per heavy atom. The number of nitro groups is 1. The molecule has 0 saturated heterocycles. The molecule has 0 aliphatic heterocycles. The van der Waals surface area contributed by atoms with E-state index in [9.17, 15) is 10.1 Å². The van der Waals surface area contributed by atoms with Crippen LogP contribution in [0.5, 0.6) is 0 Å². The summed E-state index contributed by atoms with van der Waals surface area (Å²) in [6.45, 7) is 2.04. The molecule has 0 radical (unpaired) electrons. The molecule has 0 fully saturated rings. The number of non-ortho nitro benzene ring substituents is 1. The summed E-state index contributed by atoms with van der Waals surface area (Å²) in [5.74, 6) is -0.183. The van der Waals surface area contributed by atoms with Crippen LogP contribution in [0.25, 0.3) is 10.4 Å². The van der Waals surface area contributed by atoms with Crippen LogP contribution in [0.15, 0.2) is 24.3 Å². The summed E-state index contributed by atoms with van der Waals surface area (Å²) < 4.78 is 0. The second-order valence-corrected chi connectivity index (χ2v) is 5.39. The molecule has 7 nitrogen and oxygen atoms in total. The number of guanidine groups is 1. The molecule has 21 heavy (non-hydrogen) atoms. The van der Waals surface area contributed by atoms with E-state index < -0.39 is 4.92 Å². The van der Waals surface area contributed by atoms with Crippen LogP contribution >= 0.6 is 11.3 Å². The smallest absolute Gasteiger partial charge is 0.270 e. The van der Waals surface area contributed by atoms with Gasteiger partial charge in [-0.05, 0) is 6.42 Å². The van der Waals surface area contributed by atoms with Crippen molar-refractivity contribution >= 4 is 28.1 Å². The summed E-state index contributed by atoms with van der Waals surface area (Å²) in [6, 6.07) is 6.46. The molecule has 0 spiro atoms. The maximum Gasteiger partial charge on any atom is 0.270 e. The van der Waals surface area contributed by atoms with Crippen LogP contribution in [0, 0.1) is 15.5 Å². The monoisotopic (exact) mass is 305 g/mol. The number of thiazole rings is 1. The second kappa shape index (κ2) is 6.31. The summed E-state index contributed by atoms with van der Waals surface area (Å²) in [6.07, 6.45) is 1.67. The first-order chi connectivity index (χ1) is 10.0. The van der Waals surface area contributed by atoms with Crippen LogP contribution in [0.3, 0.4) is 0 Å². The zero-order valence-corrected chi connectivity index (χ0v) is 12.2. The van der Waals surface area contributed by atoms with Crippen molar-refractivity contribution in [3.8, 4) is 10.4 Å². The van der Waals surface area contributed by atoms with E-state index in [1.165, 1.54) is 23.5 Å². The summed E-state index contributed by atoms with van der Waals surface area (Å²) in [4.78, 5) is 15.7. The van der Waals surface area contributed by atoms with Gasteiger partial charge in [0.15, 0.2) is 11.1 Å². The molecule has 1 heterocycles. The molecular formula is C13H15N5O2S.